The molecule has 8 amide bonds. The summed E-state index contributed by atoms with van der Waals surface area (Å²) < 4.78 is 106. The van der Waals surface area contributed by atoms with Gasteiger partial charge in [-0.25, -0.2) is 4.67 Å². The number of hydrogen-bond acceptors (Lipinski definition) is 36. The summed E-state index contributed by atoms with van der Waals surface area (Å²) >= 11 is 0. The molecule has 8 N–H and O–H groups in total. The number of esters is 9. The molecule has 0 spiro atoms. The molecule has 0 aliphatic carbocycles. The van der Waals surface area contributed by atoms with Crippen molar-refractivity contribution in [2.75, 3.05) is 85.7 Å². The quantitative estimate of drug-likeness (QED) is 0.00922. The van der Waals surface area contributed by atoms with Crippen LogP contribution in [0.1, 0.15) is 348 Å². The van der Waals surface area contributed by atoms with Crippen LogP contribution in [0.4, 0.5) is 0 Å². The van der Waals surface area contributed by atoms with Gasteiger partial charge in [0.1, 0.15) is 68.3 Å². The monoisotopic (exact) mass is 2140 g/mol. The smallest absolute Gasteiger partial charge is 0.303 e. The number of terminal acetylenes is 1. The first-order chi connectivity index (χ1) is 71.1. The van der Waals surface area contributed by atoms with Gasteiger partial charge in [0.2, 0.25) is 47.3 Å². The second kappa shape index (κ2) is 79.6. The molecule has 0 aromatic rings. The van der Waals surface area contributed by atoms with Gasteiger partial charge in [-0.15, -0.1) is 12.3 Å². The number of amides is 8. The van der Waals surface area contributed by atoms with Crippen LogP contribution in [0, 0.1) is 12.3 Å². The minimum absolute atomic E-state index is 0.0902. The number of carbonyl (C=O) groups excluding carboxylic acids is 17. The second-order valence-electron chi connectivity index (χ2n) is 38.3. The van der Waals surface area contributed by atoms with E-state index in [0.717, 1.165) is 142 Å². The number of rotatable bonds is 81. The molecule has 3 heterocycles. The number of ether oxygens (including phenoxy) is 16. The lowest BCUT2D eigenvalue weighted by atomic mass is 9.96. The highest BCUT2D eigenvalue weighted by atomic mass is 31.2. The first-order valence-electron chi connectivity index (χ1n) is 53.4. The average molecular weight is 2140 g/mol. The van der Waals surface area contributed by atoms with Gasteiger partial charge in [-0.1, -0.05) is 135 Å². The van der Waals surface area contributed by atoms with E-state index in [4.69, 9.17) is 91.3 Å². The molecule has 3 aliphatic heterocycles. The second-order valence-corrected chi connectivity index (χ2v) is 39.7. The zero-order valence-electron chi connectivity index (χ0n) is 91.1. The average Bonchev–Trinajstić information content (AvgIpc) is 0.792. The maximum Gasteiger partial charge on any atom is 0.303 e. The zero-order valence-corrected chi connectivity index (χ0v) is 92.0. The molecule has 3 fully saturated rings. The summed E-state index contributed by atoms with van der Waals surface area (Å²) in [5.74, 6) is -6.54. The Labute approximate surface area is 881 Å². The molecule has 0 aromatic carbocycles. The molecule has 44 nitrogen and oxygen atoms in total. The van der Waals surface area contributed by atoms with Crippen molar-refractivity contribution in [2.45, 2.75) is 464 Å². The van der Waals surface area contributed by atoms with Crippen molar-refractivity contribution in [3.63, 3.8) is 0 Å². The molecule has 852 valence electrons. The fourth-order valence-corrected chi connectivity index (χ4v) is 19.0. The lowest BCUT2D eigenvalue weighted by Gasteiger charge is -2.44. The maximum atomic E-state index is 14.7. The van der Waals surface area contributed by atoms with Gasteiger partial charge in [0.05, 0.1) is 26.4 Å². The van der Waals surface area contributed by atoms with Crippen molar-refractivity contribution in [3.05, 3.63) is 0 Å². The van der Waals surface area contributed by atoms with Gasteiger partial charge in [0, 0.05) is 160 Å². The van der Waals surface area contributed by atoms with Gasteiger partial charge in [-0.05, 0) is 105 Å². The van der Waals surface area contributed by atoms with Crippen LogP contribution < -0.4 is 42.5 Å². The lowest BCUT2D eigenvalue weighted by Crippen LogP contribution is -2.66. The van der Waals surface area contributed by atoms with Crippen LogP contribution in [0.15, 0.2) is 0 Å². The van der Waals surface area contributed by atoms with E-state index in [1.165, 1.54) is 76.2 Å². The Bertz CT molecular complexity index is 4010. The van der Waals surface area contributed by atoms with E-state index in [1.54, 1.807) is 0 Å². The van der Waals surface area contributed by atoms with E-state index in [-0.39, 0.29) is 115 Å². The SMILES string of the molecule is C#CCCOP(OCCOCCNC(=O)C(CCCCNC(=O)CCCCCCCCCCCOC1OC(COC(C)=O)C(OC(C)=O)C(OC(C)=O)C1NC(C)=O)NC(=O)C(CCCCNC(=O)CCCCCCCCCCCOC1OC(COC(C)=O)C(OC(C)=O)C(OC(C)=O)C1NC(C)=O)NC(=O)CCCCCCCCCCCOC1OC(COC(C)=O)C(OC(C)=O)C(OC(C)=O)C1NC(C)=O)N(C(C)C)C(C)C. The molecule has 0 bridgehead atoms. The van der Waals surface area contributed by atoms with Crippen LogP contribution in [-0.4, -0.2) is 307 Å². The molecule has 3 saturated heterocycles. The van der Waals surface area contributed by atoms with E-state index in [1.807, 2.05) is 0 Å². The van der Waals surface area contributed by atoms with Gasteiger partial charge in [0.25, 0.3) is 8.53 Å². The summed E-state index contributed by atoms with van der Waals surface area (Å²) in [6, 6.07) is -5.04. The minimum Gasteiger partial charge on any atom is -0.463 e. The van der Waals surface area contributed by atoms with Gasteiger partial charge >= 0.3 is 53.7 Å². The van der Waals surface area contributed by atoms with Gasteiger partial charge in [-0.2, -0.15) is 0 Å². The molecule has 149 heavy (non-hydrogen) atoms. The molecule has 0 radical (unpaired) electrons. The van der Waals surface area contributed by atoms with Crippen LogP contribution in [0.2, 0.25) is 0 Å². The Morgan fingerprint density at radius 1 is 0.309 bits per heavy atom. The molecule has 18 atom stereocenters. The van der Waals surface area contributed by atoms with Crippen molar-refractivity contribution in [1.29, 1.82) is 0 Å². The maximum absolute atomic E-state index is 14.7. The van der Waals surface area contributed by atoms with Crippen LogP contribution in [0.3, 0.4) is 0 Å². The molecule has 18 unspecified atom stereocenters. The first-order valence-corrected chi connectivity index (χ1v) is 54.6. The number of unbranched alkanes of at least 4 members (excludes halogenated alkanes) is 26. The van der Waals surface area contributed by atoms with Crippen LogP contribution in [-0.2, 0) is 166 Å². The van der Waals surface area contributed by atoms with Gasteiger partial charge < -0.3 is 127 Å². The van der Waals surface area contributed by atoms with Crippen molar-refractivity contribution in [1.82, 2.24) is 47.2 Å². The Kier molecular flexibility index (Phi) is 71.4. The predicted molar refractivity (Wildman–Crippen MR) is 544 cm³/mol. The van der Waals surface area contributed by atoms with E-state index in [9.17, 15) is 81.5 Å². The largest absolute Gasteiger partial charge is 0.463 e. The zero-order chi connectivity index (χ0) is 110. The van der Waals surface area contributed by atoms with Crippen molar-refractivity contribution < 1.29 is 166 Å². The number of nitrogens with one attached hydrogen (secondary N) is 8. The molecule has 0 saturated carbocycles. The Morgan fingerprint density at radius 2 is 0.604 bits per heavy atom. The van der Waals surface area contributed by atoms with Crippen molar-refractivity contribution in [2.24, 2.45) is 0 Å². The summed E-state index contributed by atoms with van der Waals surface area (Å²) in [5.41, 5.74) is 0. The summed E-state index contributed by atoms with van der Waals surface area (Å²) in [7, 11) is -1.46. The van der Waals surface area contributed by atoms with Gasteiger partial charge in [0.15, 0.2) is 55.5 Å². The summed E-state index contributed by atoms with van der Waals surface area (Å²) in [6.45, 7) is 23.8. The molecule has 3 aliphatic rings. The number of carbonyl (C=O) groups is 17. The molecule has 45 heteroatoms. The lowest BCUT2D eigenvalue weighted by molar-refractivity contribution is -0.277. The third kappa shape index (κ3) is 61.2. The van der Waals surface area contributed by atoms with E-state index in [0.29, 0.717) is 103 Å². The highest BCUT2D eigenvalue weighted by molar-refractivity contribution is 7.44. The van der Waals surface area contributed by atoms with E-state index in [2.05, 4.69) is 80.8 Å². The summed E-state index contributed by atoms with van der Waals surface area (Å²) in [5, 5.41) is 23.0. The Hall–Kier alpha value is -9.42. The highest BCUT2D eigenvalue weighted by Gasteiger charge is 2.55. The summed E-state index contributed by atoms with van der Waals surface area (Å²) in [6.07, 6.45) is 17.6. The molecular weight excluding hydrogens is 1970 g/mol. The Morgan fingerprint density at radius 3 is 0.906 bits per heavy atom. The number of nitrogens with zero attached hydrogens (tertiary/aromatic N) is 1. The standard InChI is InChI=1S/C104H176N9O35P/c1-18-19-62-138-149(113(69(2)3)70(4)5)139-65-64-131-63-58-107-100(129)83(51-44-46-56-105-88(126)53-41-35-29-23-20-26-32-38-48-59-132-102-91(108-71(6)114)97(143-80(15)123)94(140-77(12)120)85(146-102)66-135-74(9)117)112-101(130)84(111-90(128)55-43-37-31-25-22-28-34-40-50-61-134-104-93(110-73(8)116)99(145-82(17)125)96(142-79(14)122)87(148-104)68-137-76(11)119)52-45-47-57-106-89(127)54-42-36-30-24-21-27-33-39-49-60-133-103-92(109-72(7)115)98(144-81(16)124)95(141-78(13)121)86(147-103)67-136-75(10)118/h1,69-70,83-87,91-99,102-104H,19-68H2,2-17H3,(H,105,126)(H,106,127)(H,107,129)(H,108,114)(H,109,115)(H,110,116)(H,111,128)(H,112,130). The molecule has 0 aromatic heterocycles. The van der Waals surface area contributed by atoms with E-state index < -0.39 is 196 Å². The fourth-order valence-electron chi connectivity index (χ4n) is 17.4. The van der Waals surface area contributed by atoms with E-state index >= 15 is 0 Å². The summed E-state index contributed by atoms with van der Waals surface area (Å²) in [4.78, 5) is 215. The minimum atomic E-state index is -1.46. The highest BCUT2D eigenvalue weighted by Crippen LogP contribution is 2.46. The van der Waals surface area contributed by atoms with Crippen LogP contribution >= 0.6 is 8.53 Å². The van der Waals surface area contributed by atoms with Crippen molar-refractivity contribution >= 4 is 110 Å². The first kappa shape index (κ1) is 134. The third-order valence-corrected chi connectivity index (χ3v) is 26.3. The van der Waals surface area contributed by atoms with Crippen molar-refractivity contribution in [3.8, 4) is 12.3 Å². The normalized spacial score (nSPS) is 21.0. The predicted octanol–water partition coefficient (Wildman–Crippen LogP) is 9.79. The molecule has 3 rings (SSSR count). The third-order valence-electron chi connectivity index (χ3n) is 24.1. The topological polar surface area (TPSA) is 556 Å². The van der Waals surface area contributed by atoms with Crippen LogP contribution in [0.25, 0.3) is 0 Å². The molecular formula is C104H176N9O35P. The Balaban J connectivity index is 1.65. The fraction of sp³-hybridized carbons (Fsp3) is 0.817. The number of hydrogen-bond donors (Lipinski definition) is 8. The van der Waals surface area contributed by atoms with Gasteiger partial charge in [-0.3, -0.25) is 81.5 Å². The van der Waals surface area contributed by atoms with Crippen LogP contribution in [0.5, 0.6) is 0 Å².